The predicted octanol–water partition coefficient (Wildman–Crippen LogP) is 5.51. The van der Waals surface area contributed by atoms with E-state index in [1.165, 1.54) is 44.1 Å². The Morgan fingerprint density at radius 1 is 0.761 bits per heavy atom. The van der Waals surface area contributed by atoms with E-state index in [2.05, 4.69) is 10.6 Å². The van der Waals surface area contributed by atoms with Crippen molar-refractivity contribution < 1.29 is 33.4 Å². The van der Waals surface area contributed by atoms with E-state index in [1.54, 1.807) is 78.9 Å². The largest absolute Gasteiger partial charge is 0.496 e. The Morgan fingerprint density at radius 2 is 1.35 bits per heavy atom. The van der Waals surface area contributed by atoms with Crippen LogP contribution in [0.1, 0.15) is 36.6 Å². The quantitative estimate of drug-likeness (QED) is 0.118. The Balaban J connectivity index is 1.29. The van der Waals surface area contributed by atoms with E-state index in [1.807, 2.05) is 12.1 Å². The van der Waals surface area contributed by atoms with Crippen LogP contribution in [0, 0.1) is 0 Å². The maximum atomic E-state index is 13.6. The number of carbonyl (C=O) groups excluding carboxylic acids is 4. The summed E-state index contributed by atoms with van der Waals surface area (Å²) >= 11 is 1.48. The molecular weight excluding hydrogens is 606 g/mol. The molecule has 0 radical (unpaired) electrons. The Hall–Kier alpha value is -5.55. The summed E-state index contributed by atoms with van der Waals surface area (Å²) in [5.74, 6) is 0.166. The highest BCUT2D eigenvalue weighted by Crippen LogP contribution is 2.35. The van der Waals surface area contributed by atoms with Crippen molar-refractivity contribution in [2.24, 2.45) is 0 Å². The van der Waals surface area contributed by atoms with Gasteiger partial charge in [-0.2, -0.15) is 0 Å². The lowest BCUT2D eigenvalue weighted by Gasteiger charge is -2.15. The van der Waals surface area contributed by atoms with Crippen LogP contribution in [0.4, 0.5) is 5.69 Å². The molecule has 4 amide bonds. The second kappa shape index (κ2) is 14.5. The van der Waals surface area contributed by atoms with Crippen molar-refractivity contribution in [2.45, 2.75) is 4.90 Å². The lowest BCUT2D eigenvalue weighted by Crippen LogP contribution is -2.31. The molecule has 0 saturated carbocycles. The summed E-state index contributed by atoms with van der Waals surface area (Å²) in [5, 5.41) is 5.55. The van der Waals surface area contributed by atoms with Crippen LogP contribution in [0.5, 0.6) is 17.2 Å². The monoisotopic (exact) mass is 637 g/mol. The van der Waals surface area contributed by atoms with E-state index in [9.17, 15) is 19.2 Å². The third-order valence-corrected chi connectivity index (χ3v) is 8.13. The van der Waals surface area contributed by atoms with Crippen molar-refractivity contribution in [3.8, 4) is 17.2 Å². The van der Waals surface area contributed by atoms with Crippen LogP contribution in [-0.2, 0) is 4.79 Å². The first-order valence-corrected chi connectivity index (χ1v) is 15.2. The standard InChI is InChI=1S/C35H31N3O7S/c1-43-29-21-31(45-3)30(44-2)20-23(29)19-28(37-32(39)22-9-5-4-6-10-22)33(40)36-24-13-15-25(16-14-24)46-18-17-38-34(41)26-11-7-8-12-27(26)35(38)42/h4-16,19-21H,17-18H2,1-3H3,(H,36,40)(H,37,39)/b28-19-. The Bertz CT molecular complexity index is 1770. The normalized spacial score (nSPS) is 12.4. The van der Waals surface area contributed by atoms with Gasteiger partial charge in [0.2, 0.25) is 0 Å². The number of nitrogens with zero attached hydrogens (tertiary/aromatic N) is 1. The van der Waals surface area contributed by atoms with Crippen molar-refractivity contribution in [3.05, 3.63) is 119 Å². The van der Waals surface area contributed by atoms with Crippen LogP contribution in [-0.4, -0.2) is 62.2 Å². The van der Waals surface area contributed by atoms with Gasteiger partial charge in [0.15, 0.2) is 11.5 Å². The molecule has 0 aromatic heterocycles. The van der Waals surface area contributed by atoms with Gasteiger partial charge in [-0.25, -0.2) is 0 Å². The Kier molecular flexibility index (Phi) is 10.0. The van der Waals surface area contributed by atoms with Gasteiger partial charge in [0, 0.05) is 40.1 Å². The fourth-order valence-electron chi connectivity index (χ4n) is 4.79. The molecule has 234 valence electrons. The van der Waals surface area contributed by atoms with Crippen molar-refractivity contribution in [1.29, 1.82) is 0 Å². The van der Waals surface area contributed by atoms with Crippen LogP contribution < -0.4 is 24.8 Å². The van der Waals surface area contributed by atoms with E-state index in [-0.39, 0.29) is 24.1 Å². The molecule has 46 heavy (non-hydrogen) atoms. The highest BCUT2D eigenvalue weighted by atomic mass is 32.2. The van der Waals surface area contributed by atoms with Crippen LogP contribution in [0.3, 0.4) is 0 Å². The highest BCUT2D eigenvalue weighted by Gasteiger charge is 2.34. The van der Waals surface area contributed by atoms with Crippen LogP contribution in [0.2, 0.25) is 0 Å². The number of thioether (sulfide) groups is 1. The summed E-state index contributed by atoms with van der Waals surface area (Å²) in [4.78, 5) is 54.0. The van der Waals surface area contributed by atoms with Gasteiger partial charge >= 0.3 is 0 Å². The van der Waals surface area contributed by atoms with Crippen molar-refractivity contribution in [1.82, 2.24) is 10.2 Å². The maximum absolute atomic E-state index is 13.6. The number of anilines is 1. The fourth-order valence-corrected chi connectivity index (χ4v) is 5.63. The lowest BCUT2D eigenvalue weighted by atomic mass is 10.1. The van der Waals surface area contributed by atoms with Gasteiger partial charge in [0.1, 0.15) is 11.4 Å². The molecule has 2 N–H and O–H groups in total. The topological polar surface area (TPSA) is 123 Å². The number of carbonyl (C=O) groups is 4. The van der Waals surface area contributed by atoms with Gasteiger partial charge in [-0.1, -0.05) is 30.3 Å². The fraction of sp³-hybridized carbons (Fsp3) is 0.143. The van der Waals surface area contributed by atoms with Gasteiger partial charge in [0.05, 0.1) is 32.5 Å². The minimum absolute atomic E-state index is 0.0289. The number of ether oxygens (including phenoxy) is 3. The molecule has 0 unspecified atom stereocenters. The minimum Gasteiger partial charge on any atom is -0.496 e. The second-order valence-corrected chi connectivity index (χ2v) is 11.1. The smallest absolute Gasteiger partial charge is 0.272 e. The molecule has 4 aromatic rings. The summed E-state index contributed by atoms with van der Waals surface area (Å²) in [7, 11) is 4.49. The molecule has 0 fully saturated rings. The van der Waals surface area contributed by atoms with E-state index >= 15 is 0 Å². The summed E-state index contributed by atoms with van der Waals surface area (Å²) in [6, 6.07) is 25.7. The molecule has 0 spiro atoms. The first-order valence-electron chi connectivity index (χ1n) is 14.2. The lowest BCUT2D eigenvalue weighted by molar-refractivity contribution is -0.113. The number of benzene rings is 4. The Morgan fingerprint density at radius 3 is 1.96 bits per heavy atom. The number of hydrogen-bond donors (Lipinski definition) is 2. The van der Waals surface area contributed by atoms with Crippen molar-refractivity contribution in [2.75, 3.05) is 38.9 Å². The van der Waals surface area contributed by atoms with Gasteiger partial charge in [-0.15, -0.1) is 11.8 Å². The zero-order valence-corrected chi connectivity index (χ0v) is 26.2. The number of amides is 4. The number of methoxy groups -OCH3 is 3. The number of hydrogen-bond acceptors (Lipinski definition) is 8. The number of fused-ring (bicyclic) bond motifs is 1. The molecular formula is C35H31N3O7S. The Labute approximate surface area is 270 Å². The van der Waals surface area contributed by atoms with Gasteiger partial charge in [-0.05, 0) is 60.7 Å². The molecule has 0 aliphatic carbocycles. The molecule has 11 heteroatoms. The molecule has 4 aromatic carbocycles. The molecule has 1 aliphatic heterocycles. The highest BCUT2D eigenvalue weighted by molar-refractivity contribution is 7.99. The zero-order chi connectivity index (χ0) is 32.6. The first kappa shape index (κ1) is 31.9. The zero-order valence-electron chi connectivity index (χ0n) is 25.4. The average Bonchev–Trinajstić information content (AvgIpc) is 3.33. The van der Waals surface area contributed by atoms with E-state index in [0.717, 1.165) is 4.90 Å². The number of nitrogens with one attached hydrogen (secondary N) is 2. The summed E-state index contributed by atoms with van der Waals surface area (Å²) in [6.45, 7) is 0.268. The summed E-state index contributed by atoms with van der Waals surface area (Å²) in [5.41, 5.74) is 2.17. The van der Waals surface area contributed by atoms with Crippen molar-refractivity contribution in [3.63, 3.8) is 0 Å². The van der Waals surface area contributed by atoms with Gasteiger partial charge in [-0.3, -0.25) is 24.1 Å². The van der Waals surface area contributed by atoms with Gasteiger partial charge < -0.3 is 24.8 Å². The molecule has 0 atom stereocenters. The number of imide groups is 1. The van der Waals surface area contributed by atoms with Crippen LogP contribution >= 0.6 is 11.8 Å². The third kappa shape index (κ3) is 7.05. The molecule has 1 heterocycles. The SMILES string of the molecule is COc1cc(OC)c(OC)cc1/C=C(\NC(=O)c1ccccc1)C(=O)Nc1ccc(SCCN2C(=O)c3ccccc3C2=O)cc1. The van der Waals surface area contributed by atoms with Gasteiger partial charge in [0.25, 0.3) is 23.6 Å². The maximum Gasteiger partial charge on any atom is 0.272 e. The van der Waals surface area contributed by atoms with Crippen LogP contribution in [0.15, 0.2) is 102 Å². The first-order chi connectivity index (χ1) is 22.3. The molecule has 10 nitrogen and oxygen atoms in total. The van der Waals surface area contributed by atoms with E-state index in [0.29, 0.717) is 50.9 Å². The average molecular weight is 638 g/mol. The molecule has 1 aliphatic rings. The molecule has 5 rings (SSSR count). The predicted molar refractivity (Wildman–Crippen MR) is 176 cm³/mol. The van der Waals surface area contributed by atoms with E-state index < -0.39 is 11.8 Å². The van der Waals surface area contributed by atoms with Crippen LogP contribution in [0.25, 0.3) is 6.08 Å². The summed E-state index contributed by atoms with van der Waals surface area (Å²) < 4.78 is 16.3. The third-order valence-electron chi connectivity index (χ3n) is 7.14. The molecule has 0 saturated heterocycles. The minimum atomic E-state index is -0.563. The van der Waals surface area contributed by atoms with Crippen molar-refractivity contribution >= 4 is 47.2 Å². The summed E-state index contributed by atoms with van der Waals surface area (Å²) in [6.07, 6.45) is 1.50. The second-order valence-electron chi connectivity index (χ2n) is 9.96. The molecule has 0 bridgehead atoms. The van der Waals surface area contributed by atoms with E-state index in [4.69, 9.17) is 14.2 Å². The number of rotatable bonds is 12.